The quantitative estimate of drug-likeness (QED) is 0.822. The summed E-state index contributed by atoms with van der Waals surface area (Å²) in [7, 11) is 0. The molecule has 1 fully saturated rings. The van der Waals surface area contributed by atoms with Crippen molar-refractivity contribution in [2.24, 2.45) is 0 Å². The number of rotatable bonds is 2. The van der Waals surface area contributed by atoms with Crippen LogP contribution >= 0.6 is 0 Å². The molecule has 1 aromatic carbocycles. The van der Waals surface area contributed by atoms with Crippen LogP contribution in [0, 0.1) is 5.82 Å². The van der Waals surface area contributed by atoms with E-state index in [-0.39, 0.29) is 5.56 Å². The van der Waals surface area contributed by atoms with Gasteiger partial charge in [-0.15, -0.1) is 0 Å². The molecule has 0 aliphatic carbocycles. The van der Waals surface area contributed by atoms with Crippen molar-refractivity contribution in [3.8, 4) is 0 Å². The Balaban J connectivity index is 2.50. The highest BCUT2D eigenvalue weighted by molar-refractivity contribution is 5.35. The van der Waals surface area contributed by atoms with Crippen LogP contribution in [0.15, 0.2) is 18.2 Å². The summed E-state index contributed by atoms with van der Waals surface area (Å²) in [5.41, 5.74) is -3.73. The van der Waals surface area contributed by atoms with Gasteiger partial charge in [-0.05, 0) is 37.6 Å². The summed E-state index contributed by atoms with van der Waals surface area (Å²) in [6.07, 6.45) is -4.00. The van der Waals surface area contributed by atoms with E-state index in [1.54, 1.807) is 13.8 Å². The summed E-state index contributed by atoms with van der Waals surface area (Å²) in [5.74, 6) is -1.29. The van der Waals surface area contributed by atoms with Crippen molar-refractivity contribution in [3.63, 3.8) is 0 Å². The lowest BCUT2D eigenvalue weighted by atomic mass is 9.65. The van der Waals surface area contributed by atoms with Crippen LogP contribution in [-0.2, 0) is 11.6 Å². The average molecular weight is 305 g/mol. The normalized spacial score (nSPS) is 19.6. The van der Waals surface area contributed by atoms with E-state index in [0.717, 1.165) is 6.07 Å². The second-order valence-electron chi connectivity index (χ2n) is 6.07. The van der Waals surface area contributed by atoms with Crippen LogP contribution < -0.4 is 5.32 Å². The maximum atomic E-state index is 14.3. The van der Waals surface area contributed by atoms with Crippen molar-refractivity contribution in [1.29, 1.82) is 0 Å². The first-order valence-electron chi connectivity index (χ1n) is 6.89. The zero-order chi connectivity index (χ0) is 15.9. The Kier molecular flexibility index (Phi) is 4.06. The van der Waals surface area contributed by atoms with E-state index in [2.05, 4.69) is 5.32 Å². The third kappa shape index (κ3) is 2.79. The molecule has 0 unspecified atom stereocenters. The van der Waals surface area contributed by atoms with Crippen LogP contribution in [0.5, 0.6) is 0 Å². The van der Waals surface area contributed by atoms with Gasteiger partial charge in [-0.1, -0.05) is 26.0 Å². The lowest BCUT2D eigenvalue weighted by Crippen LogP contribution is -2.54. The van der Waals surface area contributed by atoms with E-state index < -0.39 is 28.6 Å². The van der Waals surface area contributed by atoms with E-state index in [1.807, 2.05) is 0 Å². The lowest BCUT2D eigenvalue weighted by Gasteiger charge is -2.46. The van der Waals surface area contributed by atoms with Crippen LogP contribution in [0.25, 0.3) is 0 Å². The highest BCUT2D eigenvalue weighted by Crippen LogP contribution is 2.43. The molecule has 0 bridgehead atoms. The molecule has 2 N–H and O–H groups in total. The Morgan fingerprint density at radius 2 is 1.62 bits per heavy atom. The minimum Gasteiger partial charge on any atom is -0.389 e. The largest absolute Gasteiger partial charge is 0.419 e. The van der Waals surface area contributed by atoms with E-state index in [0.29, 0.717) is 25.9 Å². The van der Waals surface area contributed by atoms with E-state index >= 15 is 0 Å². The third-order valence-electron chi connectivity index (χ3n) is 4.57. The van der Waals surface area contributed by atoms with Gasteiger partial charge in [0.2, 0.25) is 0 Å². The van der Waals surface area contributed by atoms with Gasteiger partial charge in [0.05, 0.1) is 11.2 Å². The smallest absolute Gasteiger partial charge is 0.389 e. The Bertz CT molecular complexity index is 519. The van der Waals surface area contributed by atoms with Gasteiger partial charge in [0, 0.05) is 5.41 Å². The summed E-state index contributed by atoms with van der Waals surface area (Å²) in [6.45, 7) is 4.30. The maximum absolute atomic E-state index is 14.3. The van der Waals surface area contributed by atoms with Gasteiger partial charge >= 0.3 is 6.18 Å². The van der Waals surface area contributed by atoms with Crippen molar-refractivity contribution in [2.45, 2.75) is 43.9 Å². The van der Waals surface area contributed by atoms with Gasteiger partial charge in [0.15, 0.2) is 0 Å². The molecule has 0 spiro atoms. The molecule has 2 rings (SSSR count). The molecule has 118 valence electrons. The molecule has 1 saturated heterocycles. The fraction of sp³-hybridized carbons (Fsp3) is 0.600. The molecular formula is C15H19F4NO. The molecule has 1 aliphatic heterocycles. The average Bonchev–Trinajstić information content (AvgIpc) is 2.38. The molecule has 0 atom stereocenters. The van der Waals surface area contributed by atoms with Crippen molar-refractivity contribution in [2.75, 3.05) is 13.1 Å². The summed E-state index contributed by atoms with van der Waals surface area (Å²) in [4.78, 5) is 0. The summed E-state index contributed by atoms with van der Waals surface area (Å²) < 4.78 is 52.9. The number of nitrogens with one attached hydrogen (secondary N) is 1. The van der Waals surface area contributed by atoms with Crippen LogP contribution in [0.1, 0.15) is 37.8 Å². The molecule has 21 heavy (non-hydrogen) atoms. The number of halogens is 4. The minimum atomic E-state index is -4.74. The summed E-state index contributed by atoms with van der Waals surface area (Å²) in [5, 5.41) is 13.9. The Morgan fingerprint density at radius 3 is 2.14 bits per heavy atom. The van der Waals surface area contributed by atoms with Gasteiger partial charge in [0.25, 0.3) is 0 Å². The van der Waals surface area contributed by atoms with E-state index in [4.69, 9.17) is 0 Å². The summed E-state index contributed by atoms with van der Waals surface area (Å²) >= 11 is 0. The SMILES string of the molecule is CC(C)(c1cccc(C(F)(F)F)c1F)C1(O)CCNCC1. The molecule has 0 radical (unpaired) electrons. The molecular weight excluding hydrogens is 286 g/mol. The van der Waals surface area contributed by atoms with E-state index in [9.17, 15) is 22.7 Å². The highest BCUT2D eigenvalue weighted by atomic mass is 19.4. The molecule has 6 heteroatoms. The number of hydrogen-bond acceptors (Lipinski definition) is 2. The second kappa shape index (κ2) is 5.25. The first-order chi connectivity index (χ1) is 9.59. The van der Waals surface area contributed by atoms with Crippen LogP contribution in [0.4, 0.5) is 17.6 Å². The topological polar surface area (TPSA) is 32.3 Å². The summed E-state index contributed by atoms with van der Waals surface area (Å²) in [6, 6.07) is 3.24. The Morgan fingerprint density at radius 1 is 1.10 bits per heavy atom. The number of hydrogen-bond donors (Lipinski definition) is 2. The predicted molar refractivity (Wildman–Crippen MR) is 71.5 cm³/mol. The van der Waals surface area contributed by atoms with Crippen molar-refractivity contribution < 1.29 is 22.7 Å². The van der Waals surface area contributed by atoms with Crippen LogP contribution in [0.3, 0.4) is 0 Å². The monoisotopic (exact) mass is 305 g/mol. The van der Waals surface area contributed by atoms with Gasteiger partial charge < -0.3 is 10.4 Å². The predicted octanol–water partition coefficient (Wildman–Crippen LogP) is 3.24. The molecule has 1 heterocycles. The number of piperidine rings is 1. The molecule has 0 aromatic heterocycles. The minimum absolute atomic E-state index is 0.0956. The van der Waals surface area contributed by atoms with E-state index in [1.165, 1.54) is 12.1 Å². The third-order valence-corrected chi connectivity index (χ3v) is 4.57. The van der Waals surface area contributed by atoms with Crippen molar-refractivity contribution >= 4 is 0 Å². The van der Waals surface area contributed by atoms with Crippen molar-refractivity contribution in [1.82, 2.24) is 5.32 Å². The second-order valence-corrected chi connectivity index (χ2v) is 6.07. The first kappa shape index (κ1) is 16.2. The maximum Gasteiger partial charge on any atom is 0.419 e. The van der Waals surface area contributed by atoms with Gasteiger partial charge in [-0.3, -0.25) is 0 Å². The standard InChI is InChI=1S/C15H19F4NO/c1-13(2,14(21)6-8-20-9-7-14)10-4-3-5-11(12(10)16)15(17,18)19/h3-5,20-21H,6-9H2,1-2H3. The molecule has 2 nitrogen and oxygen atoms in total. The zero-order valence-corrected chi connectivity index (χ0v) is 12.0. The molecule has 1 aliphatic rings. The zero-order valence-electron chi connectivity index (χ0n) is 12.0. The fourth-order valence-corrected chi connectivity index (χ4v) is 2.95. The van der Waals surface area contributed by atoms with Crippen molar-refractivity contribution in [3.05, 3.63) is 35.1 Å². The molecule has 0 saturated carbocycles. The number of alkyl halides is 3. The first-order valence-corrected chi connectivity index (χ1v) is 6.89. The molecule has 1 aromatic rings. The van der Waals surface area contributed by atoms with Crippen LogP contribution in [0.2, 0.25) is 0 Å². The number of aliphatic hydroxyl groups is 1. The van der Waals surface area contributed by atoms with Gasteiger partial charge in [-0.2, -0.15) is 13.2 Å². The fourth-order valence-electron chi connectivity index (χ4n) is 2.95. The number of benzene rings is 1. The Hall–Kier alpha value is -1.14. The van der Waals surface area contributed by atoms with Gasteiger partial charge in [0.1, 0.15) is 5.82 Å². The molecule has 0 amide bonds. The van der Waals surface area contributed by atoms with Gasteiger partial charge in [-0.25, -0.2) is 4.39 Å². The lowest BCUT2D eigenvalue weighted by molar-refractivity contribution is -0.140. The van der Waals surface area contributed by atoms with Crippen LogP contribution in [-0.4, -0.2) is 23.8 Å². The highest BCUT2D eigenvalue weighted by Gasteiger charge is 2.47. The Labute approximate surface area is 121 Å².